The molecule has 44 heavy (non-hydrogen) atoms. The van der Waals surface area contributed by atoms with Crippen molar-refractivity contribution in [1.82, 2.24) is 4.98 Å². The van der Waals surface area contributed by atoms with Crippen molar-refractivity contribution in [3.8, 4) is 33.7 Å². The van der Waals surface area contributed by atoms with E-state index in [2.05, 4.69) is 132 Å². The maximum Gasteiger partial charge on any atom is 0.227 e. The van der Waals surface area contributed by atoms with Crippen LogP contribution in [-0.4, -0.2) is 4.98 Å². The van der Waals surface area contributed by atoms with E-state index in [1.54, 1.807) is 0 Å². The van der Waals surface area contributed by atoms with Crippen LogP contribution in [0.2, 0.25) is 0 Å². The molecule has 0 saturated carbocycles. The molecular formula is C41H28N2O. The standard InChI is InChI=1S/C41H28N2O/c1-3-11-29(12-4-1)34-17-9-18-36(27-34)43(37-26-21-30-13-7-8-16-33(30)28-37)35-24-22-31(23-25-35)38-19-10-20-39-40(38)42-41(44-39)32-14-5-2-6-15-32/h1-28H. The van der Waals surface area contributed by atoms with Gasteiger partial charge in [0, 0.05) is 28.2 Å². The Morgan fingerprint density at radius 3 is 1.84 bits per heavy atom. The normalized spacial score (nSPS) is 11.2. The van der Waals surface area contributed by atoms with Gasteiger partial charge < -0.3 is 9.32 Å². The average molecular weight is 565 g/mol. The zero-order valence-corrected chi connectivity index (χ0v) is 24.0. The zero-order valence-electron chi connectivity index (χ0n) is 24.0. The van der Waals surface area contributed by atoms with Gasteiger partial charge in [-0.25, -0.2) is 4.98 Å². The van der Waals surface area contributed by atoms with Crippen molar-refractivity contribution in [1.29, 1.82) is 0 Å². The molecule has 3 heteroatoms. The molecule has 3 nitrogen and oxygen atoms in total. The van der Waals surface area contributed by atoms with Crippen LogP contribution in [0.15, 0.2) is 174 Å². The van der Waals surface area contributed by atoms with Gasteiger partial charge in [-0.2, -0.15) is 0 Å². The highest BCUT2D eigenvalue weighted by Gasteiger charge is 2.16. The number of benzene rings is 7. The van der Waals surface area contributed by atoms with E-state index >= 15 is 0 Å². The average Bonchev–Trinajstić information content (AvgIpc) is 3.55. The third-order valence-electron chi connectivity index (χ3n) is 8.08. The van der Waals surface area contributed by atoms with Gasteiger partial charge >= 0.3 is 0 Å². The second-order valence-corrected chi connectivity index (χ2v) is 10.9. The number of hydrogen-bond donors (Lipinski definition) is 0. The lowest BCUT2D eigenvalue weighted by molar-refractivity contribution is 0.620. The SMILES string of the molecule is c1ccc(-c2cccc(N(c3ccc(-c4cccc5oc(-c6ccccc6)nc45)cc3)c3ccc4ccccc4c3)c2)cc1. The summed E-state index contributed by atoms with van der Waals surface area (Å²) in [5.74, 6) is 0.630. The molecule has 0 aliphatic carbocycles. The fraction of sp³-hybridized carbons (Fsp3) is 0. The van der Waals surface area contributed by atoms with Gasteiger partial charge in [-0.05, 0) is 82.1 Å². The fourth-order valence-electron chi connectivity index (χ4n) is 5.89. The summed E-state index contributed by atoms with van der Waals surface area (Å²) in [6.07, 6.45) is 0. The largest absolute Gasteiger partial charge is 0.436 e. The number of aromatic nitrogens is 1. The molecule has 7 aromatic carbocycles. The lowest BCUT2D eigenvalue weighted by atomic mass is 10.0. The summed E-state index contributed by atoms with van der Waals surface area (Å²) in [4.78, 5) is 7.23. The van der Waals surface area contributed by atoms with Crippen LogP contribution in [-0.2, 0) is 0 Å². The van der Waals surface area contributed by atoms with Crippen molar-refractivity contribution in [3.05, 3.63) is 170 Å². The van der Waals surface area contributed by atoms with Crippen molar-refractivity contribution in [3.63, 3.8) is 0 Å². The van der Waals surface area contributed by atoms with E-state index in [-0.39, 0.29) is 0 Å². The smallest absolute Gasteiger partial charge is 0.227 e. The van der Waals surface area contributed by atoms with Crippen LogP contribution in [0.5, 0.6) is 0 Å². The van der Waals surface area contributed by atoms with E-state index in [0.717, 1.165) is 44.9 Å². The predicted molar refractivity (Wildman–Crippen MR) is 183 cm³/mol. The van der Waals surface area contributed by atoms with Gasteiger partial charge in [0.2, 0.25) is 5.89 Å². The lowest BCUT2D eigenvalue weighted by Gasteiger charge is -2.26. The number of anilines is 3. The first-order chi connectivity index (χ1) is 21.8. The van der Waals surface area contributed by atoms with Crippen LogP contribution in [0.1, 0.15) is 0 Å². The quantitative estimate of drug-likeness (QED) is 0.201. The highest BCUT2D eigenvalue weighted by atomic mass is 16.3. The maximum atomic E-state index is 6.16. The predicted octanol–water partition coefficient (Wildman–Crippen LogP) is 11.5. The van der Waals surface area contributed by atoms with E-state index in [0.29, 0.717) is 5.89 Å². The second-order valence-electron chi connectivity index (χ2n) is 10.9. The minimum atomic E-state index is 0.630. The van der Waals surface area contributed by atoms with Gasteiger partial charge in [0.25, 0.3) is 0 Å². The Morgan fingerprint density at radius 2 is 1.05 bits per heavy atom. The molecule has 0 aliphatic rings. The number of rotatable bonds is 6. The first-order valence-electron chi connectivity index (χ1n) is 14.8. The molecule has 208 valence electrons. The lowest BCUT2D eigenvalue weighted by Crippen LogP contribution is -2.10. The van der Waals surface area contributed by atoms with E-state index in [1.807, 2.05) is 42.5 Å². The summed E-state index contributed by atoms with van der Waals surface area (Å²) in [5, 5.41) is 2.43. The highest BCUT2D eigenvalue weighted by molar-refractivity contribution is 5.93. The van der Waals surface area contributed by atoms with Gasteiger partial charge in [-0.1, -0.05) is 115 Å². The van der Waals surface area contributed by atoms with Crippen LogP contribution in [0.4, 0.5) is 17.1 Å². The van der Waals surface area contributed by atoms with E-state index < -0.39 is 0 Å². The summed E-state index contributed by atoms with van der Waals surface area (Å²) in [7, 11) is 0. The number of nitrogens with zero attached hydrogens (tertiary/aromatic N) is 2. The Hall–Kier alpha value is -5.93. The van der Waals surface area contributed by atoms with Gasteiger partial charge in [0.1, 0.15) is 5.52 Å². The van der Waals surface area contributed by atoms with Crippen LogP contribution in [0.25, 0.3) is 55.6 Å². The fourth-order valence-corrected chi connectivity index (χ4v) is 5.89. The molecule has 0 aliphatic heterocycles. The number of para-hydroxylation sites is 1. The minimum absolute atomic E-state index is 0.630. The Morgan fingerprint density at radius 1 is 0.409 bits per heavy atom. The van der Waals surface area contributed by atoms with E-state index in [9.17, 15) is 0 Å². The monoisotopic (exact) mass is 564 g/mol. The summed E-state index contributed by atoms with van der Waals surface area (Å²) >= 11 is 0. The van der Waals surface area contributed by atoms with Crippen LogP contribution < -0.4 is 4.90 Å². The molecule has 8 rings (SSSR count). The highest BCUT2D eigenvalue weighted by Crippen LogP contribution is 2.39. The van der Waals surface area contributed by atoms with E-state index in [4.69, 9.17) is 9.40 Å². The van der Waals surface area contributed by atoms with Crippen molar-refractivity contribution >= 4 is 38.9 Å². The second kappa shape index (κ2) is 11.0. The molecule has 0 N–H and O–H groups in total. The molecule has 0 spiro atoms. The summed E-state index contributed by atoms with van der Waals surface area (Å²) in [5.41, 5.74) is 10.4. The zero-order chi connectivity index (χ0) is 29.3. The minimum Gasteiger partial charge on any atom is -0.436 e. The van der Waals surface area contributed by atoms with Gasteiger partial charge in [0.15, 0.2) is 5.58 Å². The summed E-state index contributed by atoms with van der Waals surface area (Å²) < 4.78 is 6.16. The van der Waals surface area contributed by atoms with Crippen LogP contribution in [0.3, 0.4) is 0 Å². The molecular weight excluding hydrogens is 536 g/mol. The summed E-state index contributed by atoms with van der Waals surface area (Å²) in [6.45, 7) is 0. The Bertz CT molecular complexity index is 2220. The third kappa shape index (κ3) is 4.81. The Balaban J connectivity index is 1.22. The molecule has 0 radical (unpaired) electrons. The third-order valence-corrected chi connectivity index (χ3v) is 8.08. The topological polar surface area (TPSA) is 29.3 Å². The van der Waals surface area contributed by atoms with Gasteiger partial charge in [-0.15, -0.1) is 0 Å². The number of oxazole rings is 1. The van der Waals surface area contributed by atoms with Crippen LogP contribution in [0, 0.1) is 0 Å². The molecule has 0 saturated heterocycles. The molecule has 8 aromatic rings. The number of fused-ring (bicyclic) bond motifs is 2. The Labute approximate surface area is 256 Å². The molecule has 0 bridgehead atoms. The Kier molecular flexibility index (Phi) is 6.47. The molecule has 0 atom stereocenters. The first-order valence-corrected chi connectivity index (χ1v) is 14.8. The van der Waals surface area contributed by atoms with Gasteiger partial charge in [-0.3, -0.25) is 0 Å². The van der Waals surface area contributed by atoms with Crippen molar-refractivity contribution in [2.75, 3.05) is 4.90 Å². The van der Waals surface area contributed by atoms with Crippen molar-refractivity contribution in [2.45, 2.75) is 0 Å². The summed E-state index contributed by atoms with van der Waals surface area (Å²) in [6, 6.07) is 59.3. The first kappa shape index (κ1) is 25.8. The van der Waals surface area contributed by atoms with Crippen molar-refractivity contribution < 1.29 is 4.42 Å². The molecule has 1 heterocycles. The molecule has 0 amide bonds. The number of hydrogen-bond acceptors (Lipinski definition) is 3. The van der Waals surface area contributed by atoms with Crippen molar-refractivity contribution in [2.24, 2.45) is 0 Å². The van der Waals surface area contributed by atoms with E-state index in [1.165, 1.54) is 21.9 Å². The molecule has 0 fully saturated rings. The molecule has 0 unspecified atom stereocenters. The maximum absolute atomic E-state index is 6.16. The van der Waals surface area contributed by atoms with Crippen LogP contribution >= 0.6 is 0 Å². The molecule has 1 aromatic heterocycles. The van der Waals surface area contributed by atoms with Gasteiger partial charge in [0.05, 0.1) is 0 Å².